The van der Waals surface area contributed by atoms with Gasteiger partial charge in [0.05, 0.1) is 16.6 Å². The molecule has 3 nitrogen and oxygen atoms in total. The van der Waals surface area contributed by atoms with E-state index in [0.717, 1.165) is 17.1 Å². The molecule has 0 saturated carbocycles. The van der Waals surface area contributed by atoms with Crippen LogP contribution in [0.25, 0.3) is 0 Å². The molecule has 1 aromatic heterocycles. The number of halogens is 1. The Kier molecular flexibility index (Phi) is 5.12. The van der Waals surface area contributed by atoms with E-state index < -0.39 is 0 Å². The molecular weight excluding hydrogens is 304 g/mol. The molecule has 2 rings (SSSR count). The quantitative estimate of drug-likeness (QED) is 0.798. The van der Waals surface area contributed by atoms with Crippen LogP contribution in [0.15, 0.2) is 46.2 Å². The second-order valence-corrected chi connectivity index (χ2v) is 7.31. The predicted molar refractivity (Wildman–Crippen MR) is 89.4 cm³/mol. The lowest BCUT2D eigenvalue weighted by Gasteiger charge is -2.21. The Hall–Kier alpha value is -1.26. The van der Waals surface area contributed by atoms with E-state index in [4.69, 9.17) is 11.6 Å². The number of rotatable bonds is 4. The van der Waals surface area contributed by atoms with Crippen molar-refractivity contribution in [1.29, 1.82) is 0 Å². The molecule has 0 aliphatic heterocycles. The van der Waals surface area contributed by atoms with Crippen LogP contribution in [0.2, 0.25) is 5.02 Å². The highest BCUT2D eigenvalue weighted by molar-refractivity contribution is 7.99. The summed E-state index contributed by atoms with van der Waals surface area (Å²) in [5.41, 5.74) is 0.680. The largest absolute Gasteiger partial charge is 0.287 e. The van der Waals surface area contributed by atoms with Crippen LogP contribution >= 0.6 is 23.4 Å². The molecule has 0 bridgehead atoms. The summed E-state index contributed by atoms with van der Waals surface area (Å²) in [5, 5.41) is 4.50. The maximum atomic E-state index is 12.2. The highest BCUT2D eigenvalue weighted by Crippen LogP contribution is 2.25. The van der Waals surface area contributed by atoms with Gasteiger partial charge in [-0.2, -0.15) is 5.10 Å². The maximum Gasteiger partial charge on any atom is 0.287 e. The third-order valence-electron chi connectivity index (χ3n) is 3.01. The van der Waals surface area contributed by atoms with Gasteiger partial charge in [0.1, 0.15) is 5.02 Å². The van der Waals surface area contributed by atoms with Crippen molar-refractivity contribution in [2.75, 3.05) is 5.75 Å². The summed E-state index contributed by atoms with van der Waals surface area (Å²) < 4.78 is 1.43. The zero-order valence-corrected chi connectivity index (χ0v) is 14.0. The Morgan fingerprint density at radius 3 is 2.52 bits per heavy atom. The third-order valence-corrected chi connectivity index (χ3v) is 4.52. The van der Waals surface area contributed by atoms with Crippen molar-refractivity contribution in [2.45, 2.75) is 37.6 Å². The summed E-state index contributed by atoms with van der Waals surface area (Å²) >= 11 is 7.76. The van der Waals surface area contributed by atoms with Gasteiger partial charge in [-0.25, -0.2) is 4.68 Å². The second kappa shape index (κ2) is 6.67. The topological polar surface area (TPSA) is 34.9 Å². The van der Waals surface area contributed by atoms with Gasteiger partial charge >= 0.3 is 0 Å². The Bertz CT molecular complexity index is 662. The van der Waals surface area contributed by atoms with Gasteiger partial charge in [-0.15, -0.1) is 11.8 Å². The van der Waals surface area contributed by atoms with Crippen LogP contribution < -0.4 is 5.56 Å². The van der Waals surface area contributed by atoms with Gasteiger partial charge in [-0.3, -0.25) is 4.79 Å². The number of hydrogen-bond donors (Lipinski definition) is 0. The number of benzene rings is 1. The maximum absolute atomic E-state index is 12.2. The average molecular weight is 323 g/mol. The Morgan fingerprint density at radius 1 is 1.24 bits per heavy atom. The van der Waals surface area contributed by atoms with Crippen molar-refractivity contribution in [3.05, 3.63) is 57.5 Å². The lowest BCUT2D eigenvalue weighted by Crippen LogP contribution is -2.36. The standard InChI is InChI=1S/C16H19ClN2OS/c1-16(2,3)19-15(20)14(17)13(11-18-19)21-10-9-12-7-5-4-6-8-12/h4-8,11H,9-10H2,1-3H3. The van der Waals surface area contributed by atoms with Gasteiger partial charge in [0.2, 0.25) is 0 Å². The molecule has 0 fully saturated rings. The van der Waals surface area contributed by atoms with Gasteiger partial charge in [0, 0.05) is 5.75 Å². The van der Waals surface area contributed by atoms with E-state index in [1.807, 2.05) is 39.0 Å². The molecule has 0 aliphatic rings. The third kappa shape index (κ3) is 4.11. The van der Waals surface area contributed by atoms with Gasteiger partial charge in [-0.1, -0.05) is 41.9 Å². The molecule has 0 aliphatic carbocycles. The monoisotopic (exact) mass is 322 g/mol. The number of nitrogens with zero attached hydrogens (tertiary/aromatic N) is 2. The highest BCUT2D eigenvalue weighted by Gasteiger charge is 2.19. The normalized spacial score (nSPS) is 11.6. The summed E-state index contributed by atoms with van der Waals surface area (Å²) in [6.45, 7) is 5.79. The fourth-order valence-corrected chi connectivity index (χ4v) is 3.11. The minimum Gasteiger partial charge on any atom is -0.266 e. The van der Waals surface area contributed by atoms with Crippen LogP contribution in [-0.4, -0.2) is 15.5 Å². The minimum atomic E-state index is -0.367. The first kappa shape index (κ1) is 16.1. The van der Waals surface area contributed by atoms with Crippen molar-refractivity contribution in [1.82, 2.24) is 9.78 Å². The van der Waals surface area contributed by atoms with E-state index in [-0.39, 0.29) is 16.1 Å². The van der Waals surface area contributed by atoms with E-state index in [0.29, 0.717) is 0 Å². The molecule has 0 amide bonds. The smallest absolute Gasteiger partial charge is 0.266 e. The second-order valence-electron chi connectivity index (χ2n) is 5.79. The SMILES string of the molecule is CC(C)(C)n1ncc(SCCc2ccccc2)c(Cl)c1=O. The molecule has 112 valence electrons. The van der Waals surface area contributed by atoms with Crippen molar-refractivity contribution >= 4 is 23.4 Å². The zero-order chi connectivity index (χ0) is 15.5. The zero-order valence-electron chi connectivity index (χ0n) is 12.5. The first-order chi connectivity index (χ1) is 9.89. The molecular formula is C16H19ClN2OS. The molecule has 21 heavy (non-hydrogen) atoms. The van der Waals surface area contributed by atoms with Crippen LogP contribution in [0.4, 0.5) is 0 Å². The van der Waals surface area contributed by atoms with Crippen LogP contribution in [0, 0.1) is 0 Å². The van der Waals surface area contributed by atoms with Gasteiger partial charge < -0.3 is 0 Å². The van der Waals surface area contributed by atoms with Crippen LogP contribution in [0.3, 0.4) is 0 Å². The molecule has 2 aromatic rings. The van der Waals surface area contributed by atoms with E-state index in [2.05, 4.69) is 17.2 Å². The first-order valence-electron chi connectivity index (χ1n) is 6.84. The van der Waals surface area contributed by atoms with E-state index in [1.165, 1.54) is 10.2 Å². The van der Waals surface area contributed by atoms with Crippen molar-refractivity contribution in [3.8, 4) is 0 Å². The van der Waals surface area contributed by atoms with Gasteiger partial charge in [-0.05, 0) is 32.8 Å². The van der Waals surface area contributed by atoms with Crippen molar-refractivity contribution in [2.24, 2.45) is 0 Å². The molecule has 1 aromatic carbocycles. The van der Waals surface area contributed by atoms with Crippen molar-refractivity contribution < 1.29 is 0 Å². The fourth-order valence-electron chi connectivity index (χ4n) is 1.92. The molecule has 0 atom stereocenters. The molecule has 5 heteroatoms. The highest BCUT2D eigenvalue weighted by atomic mass is 35.5. The molecule has 0 spiro atoms. The lowest BCUT2D eigenvalue weighted by molar-refractivity contribution is 0.336. The average Bonchev–Trinajstić information content (AvgIpc) is 2.43. The lowest BCUT2D eigenvalue weighted by atomic mass is 10.1. The molecule has 0 unspecified atom stereocenters. The summed E-state index contributed by atoms with van der Waals surface area (Å²) in [6.07, 6.45) is 2.62. The number of aryl methyl sites for hydroxylation is 1. The first-order valence-corrected chi connectivity index (χ1v) is 8.21. The number of aromatic nitrogens is 2. The fraction of sp³-hybridized carbons (Fsp3) is 0.375. The van der Waals surface area contributed by atoms with Crippen molar-refractivity contribution in [3.63, 3.8) is 0 Å². The Morgan fingerprint density at radius 2 is 1.90 bits per heavy atom. The minimum absolute atomic E-state index is 0.228. The van der Waals surface area contributed by atoms with E-state index in [9.17, 15) is 4.79 Å². The molecule has 0 saturated heterocycles. The summed E-state index contributed by atoms with van der Waals surface area (Å²) in [5.74, 6) is 0.865. The number of hydrogen-bond acceptors (Lipinski definition) is 3. The predicted octanol–water partition coefficient (Wildman–Crippen LogP) is 3.99. The van der Waals surface area contributed by atoms with E-state index >= 15 is 0 Å². The molecule has 1 heterocycles. The Balaban J connectivity index is 2.08. The van der Waals surface area contributed by atoms with Gasteiger partial charge in [0.15, 0.2) is 0 Å². The summed E-state index contributed by atoms with van der Waals surface area (Å²) in [4.78, 5) is 13.0. The summed E-state index contributed by atoms with van der Waals surface area (Å²) in [6, 6.07) is 10.2. The van der Waals surface area contributed by atoms with Gasteiger partial charge in [0.25, 0.3) is 5.56 Å². The number of thioether (sulfide) groups is 1. The van der Waals surface area contributed by atoms with E-state index in [1.54, 1.807) is 18.0 Å². The van der Waals surface area contributed by atoms with Crippen LogP contribution in [-0.2, 0) is 12.0 Å². The summed E-state index contributed by atoms with van der Waals surface area (Å²) in [7, 11) is 0. The molecule has 0 radical (unpaired) electrons. The van der Waals surface area contributed by atoms with Crippen LogP contribution in [0.1, 0.15) is 26.3 Å². The Labute approximate surface area is 134 Å². The molecule has 0 N–H and O–H groups in total. The van der Waals surface area contributed by atoms with Crippen LogP contribution in [0.5, 0.6) is 0 Å².